The Labute approximate surface area is 101 Å². The minimum atomic E-state index is 0.0652. The lowest BCUT2D eigenvalue weighted by Crippen LogP contribution is -2.09. The highest BCUT2D eigenvalue weighted by molar-refractivity contribution is 5.38. The van der Waals surface area contributed by atoms with Gasteiger partial charge in [-0.25, -0.2) is 4.98 Å². The zero-order valence-corrected chi connectivity index (χ0v) is 10.3. The van der Waals surface area contributed by atoms with Crippen LogP contribution in [0, 0.1) is 6.92 Å². The zero-order chi connectivity index (χ0) is 12.5. The highest BCUT2D eigenvalue weighted by Crippen LogP contribution is 2.12. The molecule has 0 fully saturated rings. The molecule has 96 valence electrons. The second-order valence-electron chi connectivity index (χ2n) is 3.46. The molecular formula is C11H19N3O3. The van der Waals surface area contributed by atoms with E-state index in [9.17, 15) is 0 Å². The molecule has 2 N–H and O–H groups in total. The molecule has 0 saturated carbocycles. The van der Waals surface area contributed by atoms with Crippen LogP contribution in [0.1, 0.15) is 12.2 Å². The summed E-state index contributed by atoms with van der Waals surface area (Å²) < 4.78 is 10.2. The quantitative estimate of drug-likeness (QED) is 0.649. The van der Waals surface area contributed by atoms with Crippen LogP contribution in [-0.2, 0) is 4.74 Å². The van der Waals surface area contributed by atoms with Crippen molar-refractivity contribution < 1.29 is 14.6 Å². The standard InChI is InChI=1S/C11H19N3O3/c1-9-13-10(8-11(14-9)16-2)12-4-3-6-17-7-5-15/h8,15H,3-7H2,1-2H3,(H,12,13,14). The number of nitrogens with one attached hydrogen (secondary N) is 1. The van der Waals surface area contributed by atoms with Gasteiger partial charge in [0.15, 0.2) is 0 Å². The summed E-state index contributed by atoms with van der Waals surface area (Å²) in [4.78, 5) is 8.33. The van der Waals surface area contributed by atoms with Gasteiger partial charge in [0.05, 0.1) is 20.3 Å². The van der Waals surface area contributed by atoms with E-state index in [4.69, 9.17) is 14.6 Å². The monoisotopic (exact) mass is 241 g/mol. The predicted octanol–water partition coefficient (Wildman–Crippen LogP) is 0.605. The number of aryl methyl sites for hydroxylation is 1. The third-order valence-corrected chi connectivity index (χ3v) is 2.03. The first kappa shape index (κ1) is 13.7. The van der Waals surface area contributed by atoms with Crippen LogP contribution in [0.25, 0.3) is 0 Å². The number of hydrogen-bond acceptors (Lipinski definition) is 6. The lowest BCUT2D eigenvalue weighted by atomic mass is 10.4. The summed E-state index contributed by atoms with van der Waals surface area (Å²) >= 11 is 0. The molecule has 0 unspecified atom stereocenters. The fraction of sp³-hybridized carbons (Fsp3) is 0.636. The first-order chi connectivity index (χ1) is 8.26. The molecule has 1 aromatic heterocycles. The molecule has 0 bridgehead atoms. The number of aliphatic hydroxyl groups is 1. The first-order valence-electron chi connectivity index (χ1n) is 5.58. The van der Waals surface area contributed by atoms with Crippen LogP contribution in [0.2, 0.25) is 0 Å². The Balaban J connectivity index is 2.28. The highest BCUT2D eigenvalue weighted by Gasteiger charge is 2.00. The van der Waals surface area contributed by atoms with Gasteiger partial charge in [0.25, 0.3) is 0 Å². The van der Waals surface area contributed by atoms with Crippen LogP contribution >= 0.6 is 0 Å². The van der Waals surface area contributed by atoms with E-state index in [2.05, 4.69) is 15.3 Å². The minimum absolute atomic E-state index is 0.0652. The van der Waals surface area contributed by atoms with Crippen molar-refractivity contribution in [1.29, 1.82) is 0 Å². The van der Waals surface area contributed by atoms with Crippen molar-refractivity contribution in [2.45, 2.75) is 13.3 Å². The molecule has 0 spiro atoms. The molecule has 6 nitrogen and oxygen atoms in total. The third-order valence-electron chi connectivity index (χ3n) is 2.03. The Kier molecular flexibility index (Phi) is 6.27. The van der Waals surface area contributed by atoms with Gasteiger partial charge in [0.2, 0.25) is 5.88 Å². The lowest BCUT2D eigenvalue weighted by Gasteiger charge is -2.08. The smallest absolute Gasteiger partial charge is 0.218 e. The average Bonchev–Trinajstić information content (AvgIpc) is 2.33. The van der Waals surface area contributed by atoms with E-state index >= 15 is 0 Å². The number of nitrogens with zero attached hydrogens (tertiary/aromatic N) is 2. The van der Waals surface area contributed by atoms with Gasteiger partial charge in [-0.3, -0.25) is 0 Å². The molecule has 6 heteroatoms. The van der Waals surface area contributed by atoms with Crippen molar-refractivity contribution in [2.75, 3.05) is 38.8 Å². The second kappa shape index (κ2) is 7.81. The van der Waals surface area contributed by atoms with Gasteiger partial charge in [-0.1, -0.05) is 0 Å². The van der Waals surface area contributed by atoms with Crippen LogP contribution in [0.4, 0.5) is 5.82 Å². The first-order valence-corrected chi connectivity index (χ1v) is 5.58. The van der Waals surface area contributed by atoms with Crippen LogP contribution in [-0.4, -0.2) is 48.5 Å². The Bertz CT molecular complexity index is 334. The summed E-state index contributed by atoms with van der Waals surface area (Å²) in [6, 6.07) is 1.75. The number of aliphatic hydroxyl groups excluding tert-OH is 1. The SMILES string of the molecule is COc1cc(NCCCOCCO)nc(C)n1. The van der Waals surface area contributed by atoms with Crippen LogP contribution in [0.15, 0.2) is 6.07 Å². The molecule has 0 radical (unpaired) electrons. The largest absolute Gasteiger partial charge is 0.481 e. The maximum absolute atomic E-state index is 8.52. The molecule has 0 amide bonds. The van der Waals surface area contributed by atoms with E-state index in [1.165, 1.54) is 0 Å². The minimum Gasteiger partial charge on any atom is -0.481 e. The third kappa shape index (κ3) is 5.46. The molecule has 17 heavy (non-hydrogen) atoms. The van der Waals surface area contributed by atoms with E-state index in [1.807, 2.05) is 6.92 Å². The number of rotatable bonds is 8. The molecule has 1 heterocycles. The number of ether oxygens (including phenoxy) is 2. The topological polar surface area (TPSA) is 76.5 Å². The molecule has 0 aliphatic rings. The van der Waals surface area contributed by atoms with Crippen molar-refractivity contribution in [2.24, 2.45) is 0 Å². The molecule has 0 aromatic carbocycles. The molecule has 0 aliphatic carbocycles. The Morgan fingerprint density at radius 1 is 1.35 bits per heavy atom. The summed E-state index contributed by atoms with van der Waals surface area (Å²) in [5, 5.41) is 11.7. The predicted molar refractivity (Wildman–Crippen MR) is 64.3 cm³/mol. The normalized spacial score (nSPS) is 10.3. The summed E-state index contributed by atoms with van der Waals surface area (Å²) in [6.45, 7) is 3.65. The van der Waals surface area contributed by atoms with Crippen molar-refractivity contribution >= 4 is 5.82 Å². The molecule has 0 aliphatic heterocycles. The van der Waals surface area contributed by atoms with Crippen LogP contribution < -0.4 is 10.1 Å². The van der Waals surface area contributed by atoms with Gasteiger partial charge in [-0.2, -0.15) is 4.98 Å². The van der Waals surface area contributed by atoms with E-state index < -0.39 is 0 Å². The van der Waals surface area contributed by atoms with E-state index in [1.54, 1.807) is 13.2 Å². The fourth-order valence-corrected chi connectivity index (χ4v) is 1.29. The molecule has 0 saturated heterocycles. The van der Waals surface area contributed by atoms with Gasteiger partial charge in [-0.05, 0) is 13.3 Å². The van der Waals surface area contributed by atoms with Gasteiger partial charge in [0.1, 0.15) is 11.6 Å². The van der Waals surface area contributed by atoms with Crippen molar-refractivity contribution in [3.05, 3.63) is 11.9 Å². The number of anilines is 1. The Morgan fingerprint density at radius 3 is 2.88 bits per heavy atom. The maximum atomic E-state index is 8.52. The summed E-state index contributed by atoms with van der Waals surface area (Å²) in [5.74, 6) is 1.97. The number of hydrogen-bond donors (Lipinski definition) is 2. The number of aromatic nitrogens is 2. The number of methoxy groups -OCH3 is 1. The van der Waals surface area contributed by atoms with Gasteiger partial charge < -0.3 is 19.9 Å². The molecule has 0 atom stereocenters. The fourth-order valence-electron chi connectivity index (χ4n) is 1.29. The zero-order valence-electron chi connectivity index (χ0n) is 10.3. The highest BCUT2D eigenvalue weighted by atomic mass is 16.5. The lowest BCUT2D eigenvalue weighted by molar-refractivity contribution is 0.0922. The summed E-state index contributed by atoms with van der Waals surface area (Å²) in [6.07, 6.45) is 0.853. The van der Waals surface area contributed by atoms with Gasteiger partial charge in [-0.15, -0.1) is 0 Å². The maximum Gasteiger partial charge on any atom is 0.218 e. The van der Waals surface area contributed by atoms with Crippen molar-refractivity contribution in [3.8, 4) is 5.88 Å². The Morgan fingerprint density at radius 2 is 2.18 bits per heavy atom. The van der Waals surface area contributed by atoms with Crippen LogP contribution in [0.3, 0.4) is 0 Å². The van der Waals surface area contributed by atoms with Gasteiger partial charge in [0, 0.05) is 19.2 Å². The van der Waals surface area contributed by atoms with E-state index in [0.29, 0.717) is 24.9 Å². The summed E-state index contributed by atoms with van der Waals surface area (Å²) in [7, 11) is 1.58. The molecule has 1 aromatic rings. The van der Waals surface area contributed by atoms with E-state index in [-0.39, 0.29) is 6.61 Å². The Hall–Kier alpha value is -1.40. The van der Waals surface area contributed by atoms with Crippen molar-refractivity contribution in [1.82, 2.24) is 9.97 Å². The van der Waals surface area contributed by atoms with Crippen molar-refractivity contribution in [3.63, 3.8) is 0 Å². The average molecular weight is 241 g/mol. The second-order valence-corrected chi connectivity index (χ2v) is 3.46. The van der Waals surface area contributed by atoms with Gasteiger partial charge >= 0.3 is 0 Å². The molecular weight excluding hydrogens is 222 g/mol. The van der Waals surface area contributed by atoms with Crippen LogP contribution in [0.5, 0.6) is 5.88 Å². The molecule has 1 rings (SSSR count). The summed E-state index contributed by atoms with van der Waals surface area (Å²) in [5.41, 5.74) is 0. The van der Waals surface area contributed by atoms with E-state index in [0.717, 1.165) is 18.8 Å².